The molecule has 19 heavy (non-hydrogen) atoms. The average Bonchev–Trinajstić information content (AvgIpc) is 2.92. The molecule has 4 nitrogen and oxygen atoms in total. The topological polar surface area (TPSA) is 49.6 Å². The Balaban J connectivity index is 0.00000180. The Labute approximate surface area is 125 Å². The van der Waals surface area contributed by atoms with E-state index in [-0.39, 0.29) is 24.4 Å². The molecular formula is C13H22ClN3OS. The molecule has 1 amide bonds. The minimum absolute atomic E-state index is 0. The number of nitrogens with two attached hydrogens (primary N) is 1. The normalized spacial score (nSPS) is 16.9. The van der Waals surface area contributed by atoms with E-state index in [1.54, 1.807) is 11.3 Å². The fourth-order valence-corrected chi connectivity index (χ4v) is 3.05. The van der Waals surface area contributed by atoms with Gasteiger partial charge < -0.3 is 15.5 Å². The zero-order chi connectivity index (χ0) is 13.0. The monoisotopic (exact) mass is 303 g/mol. The first-order chi connectivity index (χ1) is 8.72. The molecule has 0 radical (unpaired) electrons. The molecule has 1 fully saturated rings. The number of piperazine rings is 1. The first kappa shape index (κ1) is 16.3. The summed E-state index contributed by atoms with van der Waals surface area (Å²) in [5.74, 6) is 0.114. The second-order valence-corrected chi connectivity index (χ2v) is 5.58. The molecule has 1 aliphatic rings. The summed E-state index contributed by atoms with van der Waals surface area (Å²) < 4.78 is 0. The van der Waals surface area contributed by atoms with Crippen molar-refractivity contribution in [3.8, 4) is 0 Å². The van der Waals surface area contributed by atoms with Gasteiger partial charge in [0.2, 0.25) is 5.91 Å². The first-order valence-corrected chi connectivity index (χ1v) is 7.43. The van der Waals surface area contributed by atoms with Gasteiger partial charge in [0.1, 0.15) is 0 Å². The Hall–Kier alpha value is -0.780. The maximum atomic E-state index is 12.1. The molecule has 108 valence electrons. The standard InChI is InChI=1S/C13H21N3OS.ClH/c1-2-4-11(14)13(17)16-8-6-15(7-9-16)12-5-3-10-18-12;/h3,5,10-11H,2,4,6-9,14H2,1H3;1H. The van der Waals surface area contributed by atoms with Crippen molar-refractivity contribution in [1.82, 2.24) is 4.90 Å². The quantitative estimate of drug-likeness (QED) is 0.925. The van der Waals surface area contributed by atoms with Gasteiger partial charge in [0.05, 0.1) is 11.0 Å². The van der Waals surface area contributed by atoms with E-state index in [4.69, 9.17) is 5.73 Å². The predicted octanol–water partition coefficient (Wildman–Crippen LogP) is 1.95. The molecule has 1 aromatic heterocycles. The number of rotatable bonds is 4. The van der Waals surface area contributed by atoms with Crippen molar-refractivity contribution in [2.24, 2.45) is 5.73 Å². The van der Waals surface area contributed by atoms with Crippen LogP contribution >= 0.6 is 23.7 Å². The lowest BCUT2D eigenvalue weighted by Crippen LogP contribution is -2.53. The predicted molar refractivity (Wildman–Crippen MR) is 83.2 cm³/mol. The Bertz CT molecular complexity index is 377. The molecule has 0 saturated carbocycles. The van der Waals surface area contributed by atoms with Gasteiger partial charge in [0.25, 0.3) is 0 Å². The van der Waals surface area contributed by atoms with Gasteiger partial charge in [0, 0.05) is 26.2 Å². The van der Waals surface area contributed by atoms with E-state index in [1.807, 2.05) is 4.90 Å². The minimum Gasteiger partial charge on any atom is -0.360 e. The van der Waals surface area contributed by atoms with Gasteiger partial charge in [-0.3, -0.25) is 4.79 Å². The van der Waals surface area contributed by atoms with Crippen molar-refractivity contribution in [3.63, 3.8) is 0 Å². The van der Waals surface area contributed by atoms with Crippen molar-refractivity contribution in [1.29, 1.82) is 0 Å². The molecule has 1 unspecified atom stereocenters. The lowest BCUT2D eigenvalue weighted by Gasteiger charge is -2.36. The average molecular weight is 304 g/mol. The number of halogens is 1. The number of thiophene rings is 1. The third-order valence-corrected chi connectivity index (χ3v) is 4.26. The summed E-state index contributed by atoms with van der Waals surface area (Å²) in [6.45, 7) is 5.44. The van der Waals surface area contributed by atoms with Crippen molar-refractivity contribution < 1.29 is 4.79 Å². The van der Waals surface area contributed by atoms with Crippen LogP contribution in [0.1, 0.15) is 19.8 Å². The van der Waals surface area contributed by atoms with Crippen LogP contribution in [0.3, 0.4) is 0 Å². The van der Waals surface area contributed by atoms with E-state index in [0.29, 0.717) is 0 Å². The first-order valence-electron chi connectivity index (χ1n) is 6.55. The van der Waals surface area contributed by atoms with Crippen molar-refractivity contribution >= 4 is 34.7 Å². The van der Waals surface area contributed by atoms with Crippen molar-refractivity contribution in [2.45, 2.75) is 25.8 Å². The van der Waals surface area contributed by atoms with E-state index in [0.717, 1.165) is 39.0 Å². The Morgan fingerprint density at radius 2 is 2.11 bits per heavy atom. The fraction of sp³-hybridized carbons (Fsp3) is 0.615. The molecule has 0 aliphatic carbocycles. The van der Waals surface area contributed by atoms with Crippen LogP contribution in [0, 0.1) is 0 Å². The molecule has 1 atom stereocenters. The molecule has 1 aromatic rings. The molecule has 2 heterocycles. The third-order valence-electron chi connectivity index (χ3n) is 3.33. The molecule has 1 aliphatic heterocycles. The second-order valence-electron chi connectivity index (χ2n) is 4.66. The summed E-state index contributed by atoms with van der Waals surface area (Å²) in [4.78, 5) is 16.3. The van der Waals surface area contributed by atoms with Crippen LogP contribution in [0.15, 0.2) is 17.5 Å². The zero-order valence-electron chi connectivity index (χ0n) is 11.2. The highest BCUT2D eigenvalue weighted by Crippen LogP contribution is 2.22. The Kier molecular flexibility index (Phi) is 6.62. The van der Waals surface area contributed by atoms with Gasteiger partial charge in [-0.1, -0.05) is 13.3 Å². The van der Waals surface area contributed by atoms with E-state index in [9.17, 15) is 4.79 Å². The summed E-state index contributed by atoms with van der Waals surface area (Å²) in [7, 11) is 0. The van der Waals surface area contributed by atoms with Gasteiger partial charge in [-0.25, -0.2) is 0 Å². The number of hydrogen-bond acceptors (Lipinski definition) is 4. The van der Waals surface area contributed by atoms with Crippen molar-refractivity contribution in [2.75, 3.05) is 31.1 Å². The van der Waals surface area contributed by atoms with Crippen LogP contribution in [-0.2, 0) is 4.79 Å². The van der Waals surface area contributed by atoms with Crippen LogP contribution in [-0.4, -0.2) is 43.0 Å². The Morgan fingerprint density at radius 1 is 1.42 bits per heavy atom. The van der Waals surface area contributed by atoms with Crippen LogP contribution < -0.4 is 10.6 Å². The van der Waals surface area contributed by atoms with E-state index >= 15 is 0 Å². The molecule has 0 spiro atoms. The van der Waals surface area contributed by atoms with E-state index in [1.165, 1.54) is 5.00 Å². The Morgan fingerprint density at radius 3 is 2.63 bits per heavy atom. The maximum Gasteiger partial charge on any atom is 0.239 e. The maximum absolute atomic E-state index is 12.1. The smallest absolute Gasteiger partial charge is 0.239 e. The summed E-state index contributed by atoms with van der Waals surface area (Å²) in [6.07, 6.45) is 1.74. The van der Waals surface area contributed by atoms with Gasteiger partial charge in [0.15, 0.2) is 0 Å². The number of hydrogen-bond donors (Lipinski definition) is 1. The number of carbonyl (C=O) groups excluding carboxylic acids is 1. The van der Waals surface area contributed by atoms with E-state index in [2.05, 4.69) is 29.3 Å². The molecule has 6 heteroatoms. The summed E-state index contributed by atoms with van der Waals surface area (Å²) in [5.41, 5.74) is 5.89. The third kappa shape index (κ3) is 4.09. The van der Waals surface area contributed by atoms with Crippen LogP contribution in [0.25, 0.3) is 0 Å². The molecule has 0 aromatic carbocycles. The van der Waals surface area contributed by atoms with Crippen LogP contribution in [0.4, 0.5) is 5.00 Å². The van der Waals surface area contributed by atoms with Crippen LogP contribution in [0.5, 0.6) is 0 Å². The molecular weight excluding hydrogens is 282 g/mol. The molecule has 2 N–H and O–H groups in total. The largest absolute Gasteiger partial charge is 0.360 e. The van der Waals surface area contributed by atoms with E-state index < -0.39 is 0 Å². The fourth-order valence-electron chi connectivity index (χ4n) is 2.27. The summed E-state index contributed by atoms with van der Waals surface area (Å²) >= 11 is 1.75. The number of nitrogens with zero attached hydrogens (tertiary/aromatic N) is 2. The number of anilines is 1. The zero-order valence-corrected chi connectivity index (χ0v) is 12.9. The summed E-state index contributed by atoms with van der Waals surface area (Å²) in [5, 5.41) is 3.38. The molecule has 2 rings (SSSR count). The number of amides is 1. The van der Waals surface area contributed by atoms with Gasteiger partial charge in [-0.15, -0.1) is 23.7 Å². The van der Waals surface area contributed by atoms with Gasteiger partial charge in [-0.05, 0) is 23.9 Å². The van der Waals surface area contributed by atoms with Gasteiger partial charge in [-0.2, -0.15) is 0 Å². The summed E-state index contributed by atoms with van der Waals surface area (Å²) in [6, 6.07) is 3.88. The minimum atomic E-state index is -0.316. The highest BCUT2D eigenvalue weighted by atomic mass is 35.5. The SMILES string of the molecule is CCCC(N)C(=O)N1CCN(c2cccs2)CC1.Cl. The van der Waals surface area contributed by atoms with Gasteiger partial charge >= 0.3 is 0 Å². The molecule has 1 saturated heterocycles. The second kappa shape index (κ2) is 7.72. The van der Waals surface area contributed by atoms with Crippen molar-refractivity contribution in [3.05, 3.63) is 17.5 Å². The number of carbonyl (C=O) groups is 1. The highest BCUT2D eigenvalue weighted by molar-refractivity contribution is 7.14. The lowest BCUT2D eigenvalue weighted by atomic mass is 10.1. The lowest BCUT2D eigenvalue weighted by molar-refractivity contribution is -0.133. The highest BCUT2D eigenvalue weighted by Gasteiger charge is 2.24. The van der Waals surface area contributed by atoms with Crippen LogP contribution in [0.2, 0.25) is 0 Å². The molecule has 0 bridgehead atoms.